The zero-order valence-corrected chi connectivity index (χ0v) is 26.4. The molecule has 1 aromatic carbocycles. The lowest BCUT2D eigenvalue weighted by atomic mass is 9.93. The highest BCUT2D eigenvalue weighted by atomic mass is 16.7. The van der Waals surface area contributed by atoms with E-state index in [0.29, 0.717) is 44.8 Å². The Labute approximate surface area is 272 Å². The molecule has 3 heterocycles. The molecule has 0 bridgehead atoms. The third-order valence-electron chi connectivity index (χ3n) is 9.21. The Kier molecular flexibility index (Phi) is 10.2. The monoisotopic (exact) mass is 650 g/mol. The molecule has 0 spiro atoms. The highest BCUT2D eigenvalue weighted by Crippen LogP contribution is 2.24. The van der Waals surface area contributed by atoms with Crippen LogP contribution in [0.3, 0.4) is 0 Å². The standard InChI is InChI=1S/C32H42N8O7/c41-27(37-15-17-38(18-16-37)47-32(45)35-23-9-5-10-23)20-33-30(43)25-19-29(40(36-25)24-11-2-1-3-12-24)46-21-28(42)39-14-6-13-26(39)31(44)34-22-7-4-8-22/h1-3,11-12,19,22-23,26H,4-10,13-18,20-21H2,(H,33,43)(H,34,44)(H,35,45)/t26-/m0/s1. The Morgan fingerprint density at radius 2 is 1.51 bits per heavy atom. The molecular formula is C32H42N8O7. The van der Waals surface area contributed by atoms with E-state index in [0.717, 1.165) is 44.9 Å². The van der Waals surface area contributed by atoms with Gasteiger partial charge in [-0.3, -0.25) is 19.2 Å². The minimum atomic E-state index is -0.578. The molecule has 47 heavy (non-hydrogen) atoms. The minimum absolute atomic E-state index is 0.0127. The SMILES string of the molecule is O=C(NC1CCC1)ON1CCN(C(=O)CNC(=O)c2cc(OCC(=O)N3CCC[C@H]3C(=O)NC3CCC3)n(-c3ccccc3)n2)CC1. The van der Waals surface area contributed by atoms with Crippen molar-refractivity contribution < 1.29 is 33.5 Å². The van der Waals surface area contributed by atoms with Crippen molar-refractivity contribution in [3.8, 4) is 11.6 Å². The van der Waals surface area contributed by atoms with Crippen molar-refractivity contribution in [1.29, 1.82) is 0 Å². The van der Waals surface area contributed by atoms with Crippen molar-refractivity contribution in [3.05, 3.63) is 42.1 Å². The van der Waals surface area contributed by atoms with Crippen LogP contribution in [0.25, 0.3) is 5.69 Å². The summed E-state index contributed by atoms with van der Waals surface area (Å²) in [6.07, 6.45) is 6.94. The van der Waals surface area contributed by atoms with Crippen LogP contribution >= 0.6 is 0 Å². The first kappa shape index (κ1) is 32.3. The third-order valence-corrected chi connectivity index (χ3v) is 9.21. The van der Waals surface area contributed by atoms with Crippen LogP contribution in [0.4, 0.5) is 4.79 Å². The van der Waals surface area contributed by atoms with E-state index < -0.39 is 18.0 Å². The third kappa shape index (κ3) is 8.02. The predicted octanol–water partition coefficient (Wildman–Crippen LogP) is 0.979. The first-order valence-electron chi connectivity index (χ1n) is 16.5. The van der Waals surface area contributed by atoms with Crippen LogP contribution in [0.1, 0.15) is 61.9 Å². The normalized spacial score (nSPS) is 20.1. The number of amides is 5. The number of likely N-dealkylation sites (tertiary alicyclic amines) is 1. The lowest BCUT2D eigenvalue weighted by molar-refractivity contribution is -0.146. The van der Waals surface area contributed by atoms with Crippen LogP contribution in [0.2, 0.25) is 0 Å². The highest BCUT2D eigenvalue weighted by molar-refractivity contribution is 5.95. The average molecular weight is 651 g/mol. The van der Waals surface area contributed by atoms with Gasteiger partial charge in [0.1, 0.15) is 6.04 Å². The molecule has 2 saturated carbocycles. The van der Waals surface area contributed by atoms with Gasteiger partial charge in [-0.15, -0.1) is 5.06 Å². The number of piperazine rings is 1. The fourth-order valence-corrected chi connectivity index (χ4v) is 5.99. The van der Waals surface area contributed by atoms with Crippen molar-refractivity contribution in [2.75, 3.05) is 45.9 Å². The molecule has 2 aliphatic carbocycles. The fraction of sp³-hybridized carbons (Fsp3) is 0.562. The molecule has 0 radical (unpaired) electrons. The number of para-hydroxylation sites is 1. The molecule has 4 fully saturated rings. The van der Waals surface area contributed by atoms with Crippen molar-refractivity contribution in [1.82, 2.24) is 40.6 Å². The van der Waals surface area contributed by atoms with E-state index in [2.05, 4.69) is 21.0 Å². The summed E-state index contributed by atoms with van der Waals surface area (Å²) >= 11 is 0. The van der Waals surface area contributed by atoms with Crippen LogP contribution in [0, 0.1) is 0 Å². The van der Waals surface area contributed by atoms with Gasteiger partial charge in [-0.25, -0.2) is 9.48 Å². The first-order valence-corrected chi connectivity index (χ1v) is 16.5. The van der Waals surface area contributed by atoms with Gasteiger partial charge in [0, 0.05) is 37.8 Å². The topological polar surface area (TPSA) is 167 Å². The van der Waals surface area contributed by atoms with Gasteiger partial charge in [0.05, 0.1) is 25.3 Å². The summed E-state index contributed by atoms with van der Waals surface area (Å²) in [5.41, 5.74) is 0.629. The van der Waals surface area contributed by atoms with E-state index in [-0.39, 0.29) is 54.5 Å². The second kappa shape index (κ2) is 14.8. The van der Waals surface area contributed by atoms with E-state index in [9.17, 15) is 24.0 Å². The summed E-state index contributed by atoms with van der Waals surface area (Å²) in [5.74, 6) is -1.12. The number of carbonyl (C=O) groups is 5. The summed E-state index contributed by atoms with van der Waals surface area (Å²) in [7, 11) is 0. The van der Waals surface area contributed by atoms with E-state index >= 15 is 0 Å². The molecule has 252 valence electrons. The van der Waals surface area contributed by atoms with Crippen LogP contribution in [-0.4, -0.2) is 118 Å². The van der Waals surface area contributed by atoms with Crippen molar-refractivity contribution >= 4 is 29.7 Å². The van der Waals surface area contributed by atoms with Gasteiger partial charge in [-0.05, 0) is 63.5 Å². The smallest absolute Gasteiger partial charge is 0.426 e. The Morgan fingerprint density at radius 3 is 2.19 bits per heavy atom. The number of nitrogens with zero attached hydrogens (tertiary/aromatic N) is 5. The Hall–Kier alpha value is -4.66. The van der Waals surface area contributed by atoms with E-state index in [4.69, 9.17) is 9.57 Å². The van der Waals surface area contributed by atoms with Gasteiger partial charge in [-0.1, -0.05) is 18.2 Å². The number of carbonyl (C=O) groups excluding carboxylic acids is 5. The van der Waals surface area contributed by atoms with Gasteiger partial charge < -0.3 is 35.3 Å². The van der Waals surface area contributed by atoms with Gasteiger partial charge in [0.25, 0.3) is 11.8 Å². The molecule has 2 saturated heterocycles. The molecule has 5 amide bonds. The van der Waals surface area contributed by atoms with Gasteiger partial charge >= 0.3 is 6.09 Å². The molecule has 2 aromatic rings. The molecule has 2 aliphatic heterocycles. The molecule has 15 heteroatoms. The van der Waals surface area contributed by atoms with E-state index in [1.807, 2.05) is 18.2 Å². The van der Waals surface area contributed by atoms with E-state index in [1.54, 1.807) is 21.9 Å². The van der Waals surface area contributed by atoms with Crippen molar-refractivity contribution in [2.45, 2.75) is 69.5 Å². The van der Waals surface area contributed by atoms with Crippen LogP contribution < -0.4 is 20.7 Å². The number of benzene rings is 1. The summed E-state index contributed by atoms with van der Waals surface area (Å²) in [5, 5.41) is 14.4. The largest absolute Gasteiger partial charge is 0.467 e. The molecule has 6 rings (SSSR count). The van der Waals surface area contributed by atoms with Crippen molar-refractivity contribution in [3.63, 3.8) is 0 Å². The second-order valence-corrected chi connectivity index (χ2v) is 12.4. The predicted molar refractivity (Wildman–Crippen MR) is 167 cm³/mol. The second-order valence-electron chi connectivity index (χ2n) is 12.4. The number of hydrogen-bond acceptors (Lipinski definition) is 9. The quantitative estimate of drug-likeness (QED) is 0.321. The van der Waals surface area contributed by atoms with Crippen LogP contribution in [-0.2, 0) is 19.2 Å². The highest BCUT2D eigenvalue weighted by Gasteiger charge is 2.36. The maximum absolute atomic E-state index is 13.2. The molecular weight excluding hydrogens is 608 g/mol. The van der Waals surface area contributed by atoms with Gasteiger partial charge in [0.2, 0.25) is 17.7 Å². The fourth-order valence-electron chi connectivity index (χ4n) is 5.99. The first-order chi connectivity index (χ1) is 22.8. The number of nitrogens with one attached hydrogen (secondary N) is 3. The van der Waals surface area contributed by atoms with E-state index in [1.165, 1.54) is 15.8 Å². The van der Waals surface area contributed by atoms with Crippen LogP contribution in [0.15, 0.2) is 36.4 Å². The maximum atomic E-state index is 13.2. The number of aromatic nitrogens is 2. The minimum Gasteiger partial charge on any atom is -0.467 e. The van der Waals surface area contributed by atoms with Crippen LogP contribution in [0.5, 0.6) is 5.88 Å². The zero-order valence-electron chi connectivity index (χ0n) is 26.4. The van der Waals surface area contributed by atoms with Gasteiger partial charge in [-0.2, -0.15) is 5.10 Å². The Balaban J connectivity index is 1.01. The summed E-state index contributed by atoms with van der Waals surface area (Å²) in [6, 6.07) is 10.3. The number of rotatable bonds is 11. The molecule has 1 atom stereocenters. The Bertz CT molecular complexity index is 1450. The summed E-state index contributed by atoms with van der Waals surface area (Å²) in [6.45, 7) is 1.32. The number of hydroxylamine groups is 2. The average Bonchev–Trinajstić information content (AvgIpc) is 3.71. The lowest BCUT2D eigenvalue weighted by Crippen LogP contribution is -2.52. The summed E-state index contributed by atoms with van der Waals surface area (Å²) in [4.78, 5) is 72.5. The molecule has 4 aliphatic rings. The summed E-state index contributed by atoms with van der Waals surface area (Å²) < 4.78 is 7.33. The van der Waals surface area contributed by atoms with Crippen molar-refractivity contribution in [2.24, 2.45) is 0 Å². The van der Waals surface area contributed by atoms with Gasteiger partial charge in [0.15, 0.2) is 12.3 Å². The number of hydrogen-bond donors (Lipinski definition) is 3. The maximum Gasteiger partial charge on any atom is 0.426 e. The molecule has 0 unspecified atom stereocenters. The molecule has 15 nitrogen and oxygen atoms in total. The molecule has 3 N–H and O–H groups in total. The number of ether oxygens (including phenoxy) is 1. The zero-order chi connectivity index (χ0) is 32.8. The molecule has 1 aromatic heterocycles. The lowest BCUT2D eigenvalue weighted by Gasteiger charge is -2.34. The Morgan fingerprint density at radius 1 is 0.809 bits per heavy atom.